The van der Waals surface area contributed by atoms with Crippen LogP contribution in [0.2, 0.25) is 5.02 Å². The molecule has 0 fully saturated rings. The van der Waals surface area contributed by atoms with Crippen molar-refractivity contribution in [3.63, 3.8) is 0 Å². The third kappa shape index (κ3) is 4.07. The molecule has 4 aromatic rings. The Bertz CT molecular complexity index is 1170. The highest BCUT2D eigenvalue weighted by atomic mass is 35.5. The number of carbonyl (C=O) groups is 1. The van der Waals surface area contributed by atoms with Crippen LogP contribution in [0.1, 0.15) is 15.9 Å². The molecule has 0 bridgehead atoms. The summed E-state index contributed by atoms with van der Waals surface area (Å²) in [6, 6.07) is 29.2. The number of hydrogen-bond acceptors (Lipinski definition) is 3. The Labute approximate surface area is 180 Å². The Morgan fingerprint density at radius 1 is 0.833 bits per heavy atom. The first-order chi connectivity index (χ1) is 14.7. The molecule has 148 valence electrons. The zero-order valence-electron chi connectivity index (χ0n) is 16.1. The minimum absolute atomic E-state index is 0.128. The highest BCUT2D eigenvalue weighted by Gasteiger charge is 2.14. The molecule has 0 aliphatic carbocycles. The Kier molecular flexibility index (Phi) is 5.82. The summed E-state index contributed by atoms with van der Waals surface area (Å²) in [5.74, 6) is 0.162. The average Bonchev–Trinajstić information content (AvgIpc) is 2.80. The first kappa shape index (κ1) is 19.7. The molecule has 4 heteroatoms. The van der Waals surface area contributed by atoms with Gasteiger partial charge in [0.2, 0.25) is 0 Å². The predicted molar refractivity (Wildman–Crippen MR) is 120 cm³/mol. The molecule has 4 aromatic carbocycles. The van der Waals surface area contributed by atoms with Gasteiger partial charge in [-0.15, -0.1) is 0 Å². The van der Waals surface area contributed by atoms with Crippen molar-refractivity contribution in [2.24, 2.45) is 0 Å². The number of phenols is 1. The number of carbonyl (C=O) groups excluding carboxylic acids is 1. The lowest BCUT2D eigenvalue weighted by Gasteiger charge is -2.17. The van der Waals surface area contributed by atoms with Crippen LogP contribution < -0.4 is 4.74 Å². The van der Waals surface area contributed by atoms with E-state index in [1.54, 1.807) is 0 Å². The molecule has 0 atom stereocenters. The van der Waals surface area contributed by atoms with E-state index >= 15 is 0 Å². The van der Waals surface area contributed by atoms with Gasteiger partial charge in [-0.3, -0.25) is 4.79 Å². The SMILES string of the molecule is O=Cc1cc(Cl)c(OCc2cccc(-c3ccccc3)c2-c2ccccc2)cc1O. The summed E-state index contributed by atoms with van der Waals surface area (Å²) >= 11 is 6.24. The van der Waals surface area contributed by atoms with Crippen LogP contribution in [0.25, 0.3) is 22.3 Å². The molecule has 4 rings (SSSR count). The van der Waals surface area contributed by atoms with E-state index in [9.17, 15) is 9.90 Å². The number of rotatable bonds is 6. The van der Waals surface area contributed by atoms with E-state index in [2.05, 4.69) is 30.3 Å². The molecular weight excluding hydrogens is 396 g/mol. The largest absolute Gasteiger partial charge is 0.507 e. The Morgan fingerprint density at radius 2 is 1.50 bits per heavy atom. The number of ether oxygens (including phenoxy) is 1. The van der Waals surface area contributed by atoms with E-state index in [1.807, 2.05) is 48.5 Å². The fourth-order valence-electron chi connectivity index (χ4n) is 3.44. The van der Waals surface area contributed by atoms with Gasteiger partial charge >= 0.3 is 0 Å². The minimum Gasteiger partial charge on any atom is -0.507 e. The molecule has 0 heterocycles. The van der Waals surface area contributed by atoms with Gasteiger partial charge in [0.25, 0.3) is 0 Å². The van der Waals surface area contributed by atoms with Crippen molar-refractivity contribution in [1.82, 2.24) is 0 Å². The molecule has 0 saturated carbocycles. The molecule has 0 amide bonds. The lowest BCUT2D eigenvalue weighted by molar-refractivity contribution is 0.112. The lowest BCUT2D eigenvalue weighted by Crippen LogP contribution is -2.00. The van der Waals surface area contributed by atoms with Gasteiger partial charge < -0.3 is 9.84 Å². The Balaban J connectivity index is 1.75. The van der Waals surface area contributed by atoms with Crippen LogP contribution in [0.3, 0.4) is 0 Å². The summed E-state index contributed by atoms with van der Waals surface area (Å²) in [6.07, 6.45) is 0.557. The fourth-order valence-corrected chi connectivity index (χ4v) is 3.67. The normalized spacial score (nSPS) is 10.6. The van der Waals surface area contributed by atoms with Gasteiger partial charge in [0.1, 0.15) is 18.1 Å². The third-order valence-electron chi connectivity index (χ3n) is 4.89. The zero-order chi connectivity index (χ0) is 20.9. The predicted octanol–water partition coefficient (Wildman–Crippen LogP) is 6.77. The lowest BCUT2D eigenvalue weighted by atomic mass is 9.91. The summed E-state index contributed by atoms with van der Waals surface area (Å²) in [6.45, 7) is 0.254. The van der Waals surface area contributed by atoms with Gasteiger partial charge in [-0.25, -0.2) is 0 Å². The molecule has 0 unspecified atom stereocenters. The van der Waals surface area contributed by atoms with Gasteiger partial charge in [0.15, 0.2) is 6.29 Å². The van der Waals surface area contributed by atoms with Crippen molar-refractivity contribution < 1.29 is 14.6 Å². The van der Waals surface area contributed by atoms with Crippen LogP contribution in [0.5, 0.6) is 11.5 Å². The summed E-state index contributed by atoms with van der Waals surface area (Å²) in [5, 5.41) is 10.2. The van der Waals surface area contributed by atoms with Crippen LogP contribution >= 0.6 is 11.6 Å². The third-order valence-corrected chi connectivity index (χ3v) is 5.18. The fraction of sp³-hybridized carbons (Fsp3) is 0.0385. The van der Waals surface area contributed by atoms with Gasteiger partial charge in [0.05, 0.1) is 10.6 Å². The van der Waals surface area contributed by atoms with Crippen molar-refractivity contribution in [2.75, 3.05) is 0 Å². The van der Waals surface area contributed by atoms with E-state index in [4.69, 9.17) is 16.3 Å². The first-order valence-electron chi connectivity index (χ1n) is 9.50. The van der Waals surface area contributed by atoms with Crippen LogP contribution in [-0.4, -0.2) is 11.4 Å². The monoisotopic (exact) mass is 414 g/mol. The maximum absolute atomic E-state index is 11.0. The number of phenolic OH excluding ortho intramolecular Hbond substituents is 1. The molecule has 0 aliphatic heterocycles. The summed E-state index contributed by atoms with van der Waals surface area (Å²) < 4.78 is 5.95. The number of halogens is 1. The highest BCUT2D eigenvalue weighted by Crippen LogP contribution is 2.37. The second kappa shape index (κ2) is 8.85. The van der Waals surface area contributed by atoms with E-state index < -0.39 is 0 Å². The van der Waals surface area contributed by atoms with E-state index in [-0.39, 0.29) is 22.9 Å². The van der Waals surface area contributed by atoms with Crippen LogP contribution in [0, 0.1) is 0 Å². The van der Waals surface area contributed by atoms with Gasteiger partial charge in [-0.1, -0.05) is 90.5 Å². The molecule has 3 nitrogen and oxygen atoms in total. The van der Waals surface area contributed by atoms with Crippen molar-refractivity contribution in [3.8, 4) is 33.8 Å². The topological polar surface area (TPSA) is 46.5 Å². The summed E-state index contributed by atoms with van der Waals surface area (Å²) in [5.41, 5.74) is 5.49. The summed E-state index contributed by atoms with van der Waals surface area (Å²) in [7, 11) is 0. The second-order valence-corrected chi connectivity index (χ2v) is 7.23. The summed E-state index contributed by atoms with van der Waals surface area (Å²) in [4.78, 5) is 11.0. The Morgan fingerprint density at radius 3 is 2.17 bits per heavy atom. The quantitative estimate of drug-likeness (QED) is 0.354. The van der Waals surface area contributed by atoms with Gasteiger partial charge in [0, 0.05) is 6.07 Å². The van der Waals surface area contributed by atoms with Crippen molar-refractivity contribution in [3.05, 3.63) is 107 Å². The number of hydrogen-bond donors (Lipinski definition) is 1. The zero-order valence-corrected chi connectivity index (χ0v) is 16.8. The molecule has 0 aromatic heterocycles. The number of aldehydes is 1. The molecule has 0 radical (unpaired) electrons. The van der Waals surface area contributed by atoms with E-state index in [0.29, 0.717) is 12.0 Å². The van der Waals surface area contributed by atoms with Crippen molar-refractivity contribution in [1.29, 1.82) is 0 Å². The van der Waals surface area contributed by atoms with Crippen molar-refractivity contribution in [2.45, 2.75) is 6.61 Å². The maximum Gasteiger partial charge on any atom is 0.153 e. The van der Waals surface area contributed by atoms with Gasteiger partial charge in [-0.05, 0) is 33.9 Å². The van der Waals surface area contributed by atoms with Crippen molar-refractivity contribution >= 4 is 17.9 Å². The van der Waals surface area contributed by atoms with Crippen LogP contribution in [-0.2, 0) is 6.61 Å². The standard InChI is InChI=1S/C26H19ClO3/c27-23-14-21(16-28)24(29)15-25(23)30-17-20-12-7-13-22(18-8-3-1-4-9-18)26(20)19-10-5-2-6-11-19/h1-16,29H,17H2. The molecule has 0 aliphatic rings. The molecule has 0 spiro atoms. The van der Waals surface area contributed by atoms with Crippen LogP contribution in [0.4, 0.5) is 0 Å². The molecular formula is C26H19ClO3. The van der Waals surface area contributed by atoms with Crippen LogP contribution in [0.15, 0.2) is 91.0 Å². The maximum atomic E-state index is 11.0. The first-order valence-corrected chi connectivity index (χ1v) is 9.88. The second-order valence-electron chi connectivity index (χ2n) is 6.82. The number of aromatic hydroxyl groups is 1. The van der Waals surface area contributed by atoms with E-state index in [0.717, 1.165) is 27.8 Å². The smallest absolute Gasteiger partial charge is 0.153 e. The molecule has 0 saturated heterocycles. The van der Waals surface area contributed by atoms with E-state index in [1.165, 1.54) is 12.1 Å². The average molecular weight is 415 g/mol. The molecule has 1 N–H and O–H groups in total. The number of benzene rings is 4. The Hall–Kier alpha value is -3.56. The highest BCUT2D eigenvalue weighted by molar-refractivity contribution is 6.32. The van der Waals surface area contributed by atoms with Gasteiger partial charge in [-0.2, -0.15) is 0 Å². The minimum atomic E-state index is -0.161. The molecule has 30 heavy (non-hydrogen) atoms.